The first kappa shape index (κ1) is 11.0. The topological polar surface area (TPSA) is 23.5 Å². The van der Waals surface area contributed by atoms with E-state index in [1.807, 2.05) is 0 Å². The first-order valence-electron chi connectivity index (χ1n) is 5.54. The SMILES string of the molecule is CCC(C)C(O)CN1CCC(C)C1. The highest BCUT2D eigenvalue weighted by molar-refractivity contribution is 4.76. The van der Waals surface area contributed by atoms with Gasteiger partial charge in [0.25, 0.3) is 0 Å². The van der Waals surface area contributed by atoms with Crippen molar-refractivity contribution in [3.05, 3.63) is 0 Å². The number of nitrogens with zero attached hydrogens (tertiary/aromatic N) is 1. The number of hydrogen-bond donors (Lipinski definition) is 1. The molecular formula is C11H23NO. The van der Waals surface area contributed by atoms with Gasteiger partial charge in [0.1, 0.15) is 0 Å². The van der Waals surface area contributed by atoms with E-state index in [2.05, 4.69) is 25.7 Å². The lowest BCUT2D eigenvalue weighted by molar-refractivity contribution is 0.0760. The number of aliphatic hydroxyl groups excluding tert-OH is 1. The molecule has 0 aromatic heterocycles. The summed E-state index contributed by atoms with van der Waals surface area (Å²) in [6.45, 7) is 9.78. The third-order valence-electron chi connectivity index (χ3n) is 3.25. The van der Waals surface area contributed by atoms with Gasteiger partial charge in [-0.25, -0.2) is 0 Å². The van der Waals surface area contributed by atoms with E-state index < -0.39 is 0 Å². The summed E-state index contributed by atoms with van der Waals surface area (Å²) >= 11 is 0. The number of hydrogen-bond acceptors (Lipinski definition) is 2. The van der Waals surface area contributed by atoms with Gasteiger partial charge in [-0.05, 0) is 24.8 Å². The van der Waals surface area contributed by atoms with Crippen molar-refractivity contribution in [3.8, 4) is 0 Å². The lowest BCUT2D eigenvalue weighted by atomic mass is 10.0. The Balaban J connectivity index is 2.24. The Morgan fingerprint density at radius 2 is 2.23 bits per heavy atom. The minimum Gasteiger partial charge on any atom is -0.392 e. The van der Waals surface area contributed by atoms with Gasteiger partial charge in [-0.1, -0.05) is 27.2 Å². The van der Waals surface area contributed by atoms with E-state index in [4.69, 9.17) is 0 Å². The molecule has 1 heterocycles. The normalized spacial score (nSPS) is 29.1. The van der Waals surface area contributed by atoms with Gasteiger partial charge in [0.05, 0.1) is 6.10 Å². The molecule has 0 aromatic rings. The fraction of sp³-hybridized carbons (Fsp3) is 1.00. The first-order valence-corrected chi connectivity index (χ1v) is 5.54. The maximum Gasteiger partial charge on any atom is 0.0692 e. The van der Waals surface area contributed by atoms with Crippen molar-refractivity contribution in [2.24, 2.45) is 11.8 Å². The summed E-state index contributed by atoms with van der Waals surface area (Å²) in [6, 6.07) is 0. The van der Waals surface area contributed by atoms with Gasteiger partial charge in [0.15, 0.2) is 0 Å². The molecule has 1 aliphatic rings. The van der Waals surface area contributed by atoms with E-state index in [9.17, 15) is 5.11 Å². The Hall–Kier alpha value is -0.0800. The van der Waals surface area contributed by atoms with Crippen LogP contribution >= 0.6 is 0 Å². The second-order valence-corrected chi connectivity index (χ2v) is 4.61. The van der Waals surface area contributed by atoms with Gasteiger partial charge in [-0.3, -0.25) is 0 Å². The summed E-state index contributed by atoms with van der Waals surface area (Å²) in [5.41, 5.74) is 0. The quantitative estimate of drug-likeness (QED) is 0.721. The molecule has 0 aromatic carbocycles. The maximum atomic E-state index is 9.82. The highest BCUT2D eigenvalue weighted by Gasteiger charge is 2.22. The third-order valence-corrected chi connectivity index (χ3v) is 3.25. The molecule has 1 saturated heterocycles. The van der Waals surface area contributed by atoms with Crippen molar-refractivity contribution >= 4 is 0 Å². The van der Waals surface area contributed by atoms with Crippen LogP contribution in [0.15, 0.2) is 0 Å². The van der Waals surface area contributed by atoms with Crippen LogP contribution in [0, 0.1) is 11.8 Å². The van der Waals surface area contributed by atoms with E-state index in [1.165, 1.54) is 19.5 Å². The second-order valence-electron chi connectivity index (χ2n) is 4.61. The van der Waals surface area contributed by atoms with Crippen LogP contribution in [0.4, 0.5) is 0 Å². The second kappa shape index (κ2) is 4.97. The molecule has 13 heavy (non-hydrogen) atoms. The molecule has 1 rings (SSSR count). The Morgan fingerprint density at radius 1 is 1.54 bits per heavy atom. The zero-order chi connectivity index (χ0) is 9.84. The van der Waals surface area contributed by atoms with Gasteiger partial charge in [-0.2, -0.15) is 0 Å². The molecule has 3 unspecified atom stereocenters. The summed E-state index contributed by atoms with van der Waals surface area (Å²) in [6.07, 6.45) is 2.24. The summed E-state index contributed by atoms with van der Waals surface area (Å²) < 4.78 is 0. The Morgan fingerprint density at radius 3 is 2.69 bits per heavy atom. The molecule has 3 atom stereocenters. The number of likely N-dealkylation sites (tertiary alicyclic amines) is 1. The standard InChI is InChI=1S/C11H23NO/c1-4-10(3)11(13)8-12-6-5-9(2)7-12/h9-11,13H,4-8H2,1-3H3. The van der Waals surface area contributed by atoms with E-state index in [1.54, 1.807) is 0 Å². The van der Waals surface area contributed by atoms with Crippen LogP contribution in [0.1, 0.15) is 33.6 Å². The van der Waals surface area contributed by atoms with Gasteiger partial charge in [-0.15, -0.1) is 0 Å². The zero-order valence-corrected chi connectivity index (χ0v) is 9.16. The molecule has 1 fully saturated rings. The zero-order valence-electron chi connectivity index (χ0n) is 9.16. The van der Waals surface area contributed by atoms with Crippen molar-refractivity contribution < 1.29 is 5.11 Å². The molecule has 0 radical (unpaired) electrons. The average Bonchev–Trinajstić information content (AvgIpc) is 2.49. The van der Waals surface area contributed by atoms with Crippen molar-refractivity contribution in [2.45, 2.75) is 39.7 Å². The Labute approximate surface area is 81.9 Å². The molecule has 2 heteroatoms. The summed E-state index contributed by atoms with van der Waals surface area (Å²) in [7, 11) is 0. The van der Waals surface area contributed by atoms with Crippen molar-refractivity contribution in [2.75, 3.05) is 19.6 Å². The van der Waals surface area contributed by atoms with E-state index in [0.29, 0.717) is 5.92 Å². The highest BCUT2D eigenvalue weighted by Crippen LogP contribution is 2.17. The molecular weight excluding hydrogens is 162 g/mol. The predicted molar refractivity (Wildman–Crippen MR) is 55.7 cm³/mol. The molecule has 1 aliphatic heterocycles. The fourth-order valence-corrected chi connectivity index (χ4v) is 1.91. The van der Waals surface area contributed by atoms with E-state index in [0.717, 1.165) is 18.9 Å². The van der Waals surface area contributed by atoms with E-state index in [-0.39, 0.29) is 6.10 Å². The smallest absolute Gasteiger partial charge is 0.0692 e. The van der Waals surface area contributed by atoms with Crippen molar-refractivity contribution in [1.82, 2.24) is 4.90 Å². The van der Waals surface area contributed by atoms with Gasteiger partial charge < -0.3 is 10.0 Å². The maximum absolute atomic E-state index is 9.82. The minimum atomic E-state index is -0.129. The van der Waals surface area contributed by atoms with Crippen LogP contribution in [-0.4, -0.2) is 35.7 Å². The Kier molecular flexibility index (Phi) is 4.20. The van der Waals surface area contributed by atoms with Crippen LogP contribution < -0.4 is 0 Å². The molecule has 1 N–H and O–H groups in total. The number of rotatable bonds is 4. The molecule has 2 nitrogen and oxygen atoms in total. The largest absolute Gasteiger partial charge is 0.392 e. The number of β-amino-alcohol motifs (C(OH)–C–C–N with tert-alkyl or cyclic N) is 1. The summed E-state index contributed by atoms with van der Waals surface area (Å²) in [5.74, 6) is 1.26. The van der Waals surface area contributed by atoms with E-state index >= 15 is 0 Å². The molecule has 78 valence electrons. The van der Waals surface area contributed by atoms with Gasteiger partial charge >= 0.3 is 0 Å². The molecule has 0 spiro atoms. The minimum absolute atomic E-state index is 0.129. The van der Waals surface area contributed by atoms with Crippen LogP contribution in [-0.2, 0) is 0 Å². The molecule has 0 saturated carbocycles. The molecule has 0 bridgehead atoms. The van der Waals surface area contributed by atoms with Crippen LogP contribution in [0.3, 0.4) is 0 Å². The summed E-state index contributed by atoms with van der Waals surface area (Å²) in [4.78, 5) is 2.39. The van der Waals surface area contributed by atoms with Gasteiger partial charge in [0, 0.05) is 13.1 Å². The summed E-state index contributed by atoms with van der Waals surface area (Å²) in [5, 5.41) is 9.82. The lowest BCUT2D eigenvalue weighted by Gasteiger charge is -2.23. The van der Waals surface area contributed by atoms with Crippen molar-refractivity contribution in [3.63, 3.8) is 0 Å². The number of aliphatic hydroxyl groups is 1. The van der Waals surface area contributed by atoms with Crippen LogP contribution in [0.2, 0.25) is 0 Å². The lowest BCUT2D eigenvalue weighted by Crippen LogP contribution is -2.34. The molecule has 0 aliphatic carbocycles. The van der Waals surface area contributed by atoms with Crippen LogP contribution in [0.25, 0.3) is 0 Å². The monoisotopic (exact) mass is 185 g/mol. The molecule has 0 amide bonds. The average molecular weight is 185 g/mol. The fourth-order valence-electron chi connectivity index (χ4n) is 1.91. The first-order chi connectivity index (χ1) is 6.13. The third kappa shape index (κ3) is 3.28. The highest BCUT2D eigenvalue weighted by atomic mass is 16.3. The van der Waals surface area contributed by atoms with Crippen molar-refractivity contribution in [1.29, 1.82) is 0 Å². The Bertz CT molecular complexity index is 149. The van der Waals surface area contributed by atoms with Gasteiger partial charge in [0.2, 0.25) is 0 Å². The predicted octanol–water partition coefficient (Wildman–Crippen LogP) is 1.74. The van der Waals surface area contributed by atoms with Crippen LogP contribution in [0.5, 0.6) is 0 Å².